The zero-order valence-electron chi connectivity index (χ0n) is 11.3. The van der Waals surface area contributed by atoms with Gasteiger partial charge in [0, 0.05) is 17.0 Å². The molecule has 3 rings (SSSR count). The summed E-state index contributed by atoms with van der Waals surface area (Å²) in [6, 6.07) is 3.45. The van der Waals surface area contributed by atoms with Gasteiger partial charge in [-0.3, -0.25) is 5.10 Å². The Morgan fingerprint density at radius 3 is 2.35 bits per heavy atom. The summed E-state index contributed by atoms with van der Waals surface area (Å²) >= 11 is 0. The number of aromatic nitrogens is 2. The smallest absolute Gasteiger partial charge is 0.153 e. The van der Waals surface area contributed by atoms with Crippen molar-refractivity contribution in [2.24, 2.45) is 0 Å². The van der Waals surface area contributed by atoms with Gasteiger partial charge in [-0.25, -0.2) is 8.78 Å². The summed E-state index contributed by atoms with van der Waals surface area (Å²) in [4.78, 5) is 0. The molecule has 3 nitrogen and oxygen atoms in total. The zero-order valence-corrected chi connectivity index (χ0v) is 11.3. The van der Waals surface area contributed by atoms with Crippen LogP contribution in [-0.2, 0) is 5.41 Å². The summed E-state index contributed by atoms with van der Waals surface area (Å²) in [5, 5.41) is 7.02. The average Bonchev–Trinajstić information content (AvgIpc) is 2.95. The van der Waals surface area contributed by atoms with Crippen molar-refractivity contribution >= 4 is 5.82 Å². The molecule has 2 aromatic rings. The van der Waals surface area contributed by atoms with Gasteiger partial charge in [-0.1, -0.05) is 19.8 Å². The van der Waals surface area contributed by atoms with Crippen molar-refractivity contribution in [2.45, 2.75) is 38.0 Å². The van der Waals surface area contributed by atoms with Crippen LogP contribution < -0.4 is 5.73 Å². The largest absolute Gasteiger partial charge is 0.382 e. The van der Waals surface area contributed by atoms with Crippen molar-refractivity contribution in [3.63, 3.8) is 0 Å². The number of nitrogens with zero attached hydrogens (tertiary/aromatic N) is 1. The summed E-state index contributed by atoms with van der Waals surface area (Å²) in [5.41, 5.74) is 7.82. The second kappa shape index (κ2) is 4.58. The second-order valence-electron chi connectivity index (χ2n) is 5.78. The van der Waals surface area contributed by atoms with Crippen LogP contribution >= 0.6 is 0 Å². The van der Waals surface area contributed by atoms with Gasteiger partial charge in [0.15, 0.2) is 5.82 Å². The van der Waals surface area contributed by atoms with Crippen LogP contribution in [0.1, 0.15) is 38.3 Å². The van der Waals surface area contributed by atoms with Crippen molar-refractivity contribution in [3.8, 4) is 11.1 Å². The van der Waals surface area contributed by atoms with Crippen LogP contribution in [-0.4, -0.2) is 10.2 Å². The topological polar surface area (TPSA) is 54.7 Å². The maximum Gasteiger partial charge on any atom is 0.153 e. The molecule has 1 heterocycles. The van der Waals surface area contributed by atoms with Crippen LogP contribution in [0.3, 0.4) is 0 Å². The van der Waals surface area contributed by atoms with E-state index in [9.17, 15) is 8.78 Å². The van der Waals surface area contributed by atoms with Crippen LogP contribution in [0, 0.1) is 11.6 Å². The minimum absolute atomic E-state index is 0.0528. The van der Waals surface area contributed by atoms with Crippen LogP contribution in [0.5, 0.6) is 0 Å². The quantitative estimate of drug-likeness (QED) is 0.878. The first-order valence-corrected chi connectivity index (χ1v) is 6.80. The van der Waals surface area contributed by atoms with Crippen molar-refractivity contribution in [3.05, 3.63) is 35.5 Å². The fraction of sp³-hybridized carbons (Fsp3) is 0.400. The fourth-order valence-corrected chi connectivity index (χ4v) is 3.19. The van der Waals surface area contributed by atoms with Crippen molar-refractivity contribution in [1.29, 1.82) is 0 Å². The summed E-state index contributed by atoms with van der Waals surface area (Å²) in [6.45, 7) is 2.14. The van der Waals surface area contributed by atoms with Gasteiger partial charge in [0.25, 0.3) is 0 Å². The number of nitrogens with two attached hydrogens (primary N) is 1. The molecule has 0 amide bonds. The van der Waals surface area contributed by atoms with Gasteiger partial charge in [-0.05, 0) is 30.5 Å². The highest BCUT2D eigenvalue weighted by Gasteiger charge is 2.35. The van der Waals surface area contributed by atoms with E-state index >= 15 is 0 Å². The molecule has 1 aromatic carbocycles. The number of hydrogen-bond donors (Lipinski definition) is 2. The number of benzene rings is 1. The van der Waals surface area contributed by atoms with E-state index in [0.717, 1.165) is 37.4 Å². The number of nitrogen functional groups attached to an aromatic ring is 1. The molecule has 0 spiro atoms. The maximum atomic E-state index is 13.4. The lowest BCUT2D eigenvalue weighted by atomic mass is 9.81. The van der Waals surface area contributed by atoms with Crippen LogP contribution in [0.4, 0.5) is 14.6 Å². The second-order valence-corrected chi connectivity index (χ2v) is 5.78. The van der Waals surface area contributed by atoms with E-state index in [2.05, 4.69) is 17.1 Å². The number of hydrogen-bond acceptors (Lipinski definition) is 2. The first-order valence-electron chi connectivity index (χ1n) is 6.80. The van der Waals surface area contributed by atoms with Crippen molar-refractivity contribution in [1.82, 2.24) is 10.2 Å². The summed E-state index contributed by atoms with van der Waals surface area (Å²) < 4.78 is 26.9. The van der Waals surface area contributed by atoms with Gasteiger partial charge in [0.05, 0.1) is 5.69 Å². The monoisotopic (exact) mass is 277 g/mol. The Balaban J connectivity index is 2.16. The Kier molecular flexibility index (Phi) is 3.00. The first-order chi connectivity index (χ1) is 9.49. The van der Waals surface area contributed by atoms with Crippen LogP contribution in [0.2, 0.25) is 0 Å². The third-order valence-corrected chi connectivity index (χ3v) is 4.26. The lowest BCUT2D eigenvalue weighted by molar-refractivity contribution is 0.476. The highest BCUT2D eigenvalue weighted by atomic mass is 19.1. The number of aromatic amines is 1. The minimum atomic E-state index is -0.608. The zero-order chi connectivity index (χ0) is 14.3. The SMILES string of the molecule is CC1(c2[nH]nc(N)c2-c2cc(F)cc(F)c2)CCCC1. The Bertz CT molecular complexity index is 622. The molecule has 0 radical (unpaired) electrons. The molecule has 1 saturated carbocycles. The molecule has 1 aromatic heterocycles. The van der Waals surface area contributed by atoms with E-state index < -0.39 is 11.6 Å². The van der Waals surface area contributed by atoms with E-state index in [-0.39, 0.29) is 11.2 Å². The number of halogens is 2. The Hall–Kier alpha value is -1.91. The predicted octanol–water partition coefficient (Wildman–Crippen LogP) is 3.77. The van der Waals surface area contributed by atoms with Gasteiger partial charge in [-0.15, -0.1) is 0 Å². The maximum absolute atomic E-state index is 13.4. The number of anilines is 1. The molecule has 20 heavy (non-hydrogen) atoms. The van der Waals surface area contributed by atoms with Gasteiger partial charge >= 0.3 is 0 Å². The van der Waals surface area contributed by atoms with Crippen molar-refractivity contribution < 1.29 is 8.78 Å². The molecule has 1 aliphatic carbocycles. The normalized spacial score (nSPS) is 17.6. The van der Waals surface area contributed by atoms with E-state index in [1.165, 1.54) is 12.1 Å². The molecular formula is C15H17F2N3. The first kappa shape index (κ1) is 13.1. The average molecular weight is 277 g/mol. The molecule has 0 saturated heterocycles. The molecule has 1 aliphatic rings. The van der Waals surface area contributed by atoms with E-state index in [4.69, 9.17) is 5.73 Å². The van der Waals surface area contributed by atoms with E-state index in [0.29, 0.717) is 11.1 Å². The number of rotatable bonds is 2. The third-order valence-electron chi connectivity index (χ3n) is 4.26. The number of nitrogens with one attached hydrogen (secondary N) is 1. The van der Waals surface area contributed by atoms with Gasteiger partial charge in [-0.2, -0.15) is 5.10 Å². The van der Waals surface area contributed by atoms with Gasteiger partial charge in [0.2, 0.25) is 0 Å². The van der Waals surface area contributed by atoms with E-state index in [1.54, 1.807) is 0 Å². The minimum Gasteiger partial charge on any atom is -0.382 e. The van der Waals surface area contributed by atoms with Gasteiger partial charge in [0.1, 0.15) is 11.6 Å². The molecule has 1 fully saturated rings. The standard InChI is InChI=1S/C15H17F2N3/c1-15(4-2-3-5-15)13-12(14(18)20-19-13)9-6-10(16)8-11(17)7-9/h6-8H,2-5H2,1H3,(H3,18,19,20). The lowest BCUT2D eigenvalue weighted by Crippen LogP contribution is -2.18. The Morgan fingerprint density at radius 2 is 1.75 bits per heavy atom. The molecule has 3 N–H and O–H groups in total. The summed E-state index contributed by atoms with van der Waals surface area (Å²) in [7, 11) is 0. The van der Waals surface area contributed by atoms with Crippen molar-refractivity contribution in [2.75, 3.05) is 5.73 Å². The Labute approximate surface area is 116 Å². The summed E-state index contributed by atoms with van der Waals surface area (Å²) in [6.07, 6.45) is 4.34. The molecule has 5 heteroatoms. The highest BCUT2D eigenvalue weighted by Crippen LogP contribution is 2.45. The Morgan fingerprint density at radius 1 is 1.15 bits per heavy atom. The highest BCUT2D eigenvalue weighted by molar-refractivity contribution is 5.77. The molecule has 106 valence electrons. The molecular weight excluding hydrogens is 260 g/mol. The molecule has 0 unspecified atom stereocenters. The van der Waals surface area contributed by atoms with Crippen LogP contribution in [0.15, 0.2) is 18.2 Å². The number of H-pyrrole nitrogens is 1. The molecule has 0 aliphatic heterocycles. The summed E-state index contributed by atoms with van der Waals surface area (Å²) in [5.74, 6) is -0.927. The van der Waals surface area contributed by atoms with Crippen LogP contribution in [0.25, 0.3) is 11.1 Å². The molecule has 0 bridgehead atoms. The predicted molar refractivity (Wildman–Crippen MR) is 74.2 cm³/mol. The van der Waals surface area contributed by atoms with Gasteiger partial charge < -0.3 is 5.73 Å². The van der Waals surface area contributed by atoms with E-state index in [1.807, 2.05) is 0 Å². The lowest BCUT2D eigenvalue weighted by Gasteiger charge is -2.23. The third kappa shape index (κ3) is 2.07. The fourth-order valence-electron chi connectivity index (χ4n) is 3.19. The molecule has 0 atom stereocenters.